The fourth-order valence-electron chi connectivity index (χ4n) is 2.49. The van der Waals surface area contributed by atoms with Crippen molar-refractivity contribution in [2.45, 2.75) is 6.54 Å². The summed E-state index contributed by atoms with van der Waals surface area (Å²) in [5.41, 5.74) is 0.401. The van der Waals surface area contributed by atoms with Crippen LogP contribution in [0.5, 0.6) is 0 Å². The maximum absolute atomic E-state index is 14.1. The van der Waals surface area contributed by atoms with Crippen LogP contribution in [-0.2, 0) is 11.3 Å². The number of aromatic nitrogens is 1. The van der Waals surface area contributed by atoms with E-state index < -0.39 is 22.5 Å². The molecule has 140 valence electrons. The number of benzene rings is 2. The second kappa shape index (κ2) is 7.94. The Morgan fingerprint density at radius 2 is 2.14 bits per heavy atom. The number of rotatable bonds is 4. The maximum Gasteiger partial charge on any atom is 0.272 e. The van der Waals surface area contributed by atoms with Gasteiger partial charge in [0.1, 0.15) is 5.82 Å². The van der Waals surface area contributed by atoms with Crippen LogP contribution in [0.2, 0.25) is 0 Å². The van der Waals surface area contributed by atoms with Crippen LogP contribution in [0.1, 0.15) is 5.56 Å². The summed E-state index contributed by atoms with van der Waals surface area (Å²) in [6.07, 6.45) is 7.80. The lowest BCUT2D eigenvalue weighted by atomic mass is 10.2. The van der Waals surface area contributed by atoms with Gasteiger partial charge in [0, 0.05) is 24.3 Å². The van der Waals surface area contributed by atoms with Gasteiger partial charge >= 0.3 is 0 Å². The first-order valence-corrected chi connectivity index (χ1v) is 8.64. The maximum atomic E-state index is 14.1. The largest absolute Gasteiger partial charge is 0.302 e. The van der Waals surface area contributed by atoms with Crippen LogP contribution in [0.25, 0.3) is 16.3 Å². The zero-order chi connectivity index (χ0) is 20.3. The molecule has 0 radical (unpaired) electrons. The van der Waals surface area contributed by atoms with E-state index in [2.05, 4.69) is 10.9 Å². The molecule has 1 amide bonds. The highest BCUT2D eigenvalue weighted by atomic mass is 32.1. The Morgan fingerprint density at radius 3 is 2.86 bits per heavy atom. The number of nitro benzene ring substituents is 1. The molecule has 0 aliphatic heterocycles. The minimum atomic E-state index is -0.803. The lowest BCUT2D eigenvalue weighted by Gasteiger charge is -2.00. The number of hydrogen-bond acceptors (Lipinski definition) is 4. The van der Waals surface area contributed by atoms with Gasteiger partial charge in [0.15, 0.2) is 10.6 Å². The van der Waals surface area contributed by atoms with Crippen molar-refractivity contribution < 1.29 is 18.5 Å². The number of carbonyl (C=O) groups is 1. The van der Waals surface area contributed by atoms with Crippen molar-refractivity contribution in [3.63, 3.8) is 0 Å². The third kappa shape index (κ3) is 4.02. The first kappa shape index (κ1) is 19.1. The van der Waals surface area contributed by atoms with Crippen LogP contribution in [0.4, 0.5) is 14.5 Å². The fourth-order valence-corrected chi connectivity index (χ4v) is 3.57. The SMILES string of the molecule is C#CCn1c(=NC(=O)/C=C/c2cccc([N+](=O)[O-])c2)sc2cc(F)cc(F)c21. The van der Waals surface area contributed by atoms with Gasteiger partial charge in [-0.2, -0.15) is 4.99 Å². The zero-order valence-corrected chi connectivity index (χ0v) is 15.0. The van der Waals surface area contributed by atoms with Gasteiger partial charge in [-0.3, -0.25) is 14.9 Å². The smallest absolute Gasteiger partial charge is 0.272 e. The third-order valence-corrected chi connectivity index (χ3v) is 4.68. The highest BCUT2D eigenvalue weighted by Crippen LogP contribution is 2.22. The average Bonchev–Trinajstić information content (AvgIpc) is 2.97. The van der Waals surface area contributed by atoms with Crippen molar-refractivity contribution >= 4 is 39.2 Å². The van der Waals surface area contributed by atoms with Crippen molar-refractivity contribution in [2.24, 2.45) is 4.99 Å². The number of carbonyl (C=O) groups excluding carboxylic acids is 1. The first-order chi connectivity index (χ1) is 13.4. The molecule has 28 heavy (non-hydrogen) atoms. The summed E-state index contributed by atoms with van der Waals surface area (Å²) in [4.78, 5) is 26.4. The van der Waals surface area contributed by atoms with Gasteiger partial charge in [-0.1, -0.05) is 29.4 Å². The van der Waals surface area contributed by atoms with E-state index in [0.29, 0.717) is 5.56 Å². The molecular formula is C19H11F2N3O3S. The Balaban J connectivity index is 2.00. The number of nitro groups is 1. The predicted octanol–water partition coefficient (Wildman–Crippen LogP) is 3.66. The third-order valence-electron chi connectivity index (χ3n) is 3.65. The Kier molecular flexibility index (Phi) is 5.42. The summed E-state index contributed by atoms with van der Waals surface area (Å²) >= 11 is 0.925. The molecule has 1 heterocycles. The van der Waals surface area contributed by atoms with Crippen LogP contribution in [0.3, 0.4) is 0 Å². The minimum Gasteiger partial charge on any atom is -0.302 e. The predicted molar refractivity (Wildman–Crippen MR) is 101 cm³/mol. The monoisotopic (exact) mass is 399 g/mol. The van der Waals surface area contributed by atoms with Crippen molar-refractivity contribution in [1.82, 2.24) is 4.57 Å². The summed E-state index contributed by atoms with van der Waals surface area (Å²) in [6.45, 7) is -0.0523. The van der Waals surface area contributed by atoms with Crippen LogP contribution in [0.15, 0.2) is 47.5 Å². The molecule has 1 aromatic heterocycles. The summed E-state index contributed by atoms with van der Waals surface area (Å²) < 4.78 is 29.2. The summed E-state index contributed by atoms with van der Waals surface area (Å²) in [5, 5.41) is 10.8. The molecule has 3 rings (SSSR count). The lowest BCUT2D eigenvalue weighted by molar-refractivity contribution is -0.384. The van der Waals surface area contributed by atoms with Crippen molar-refractivity contribution in [1.29, 1.82) is 0 Å². The second-order valence-corrected chi connectivity index (χ2v) is 6.55. The normalized spacial score (nSPS) is 11.8. The van der Waals surface area contributed by atoms with E-state index in [1.807, 2.05) is 0 Å². The van der Waals surface area contributed by atoms with E-state index in [1.165, 1.54) is 28.8 Å². The standard InChI is InChI=1S/C19H11F2N3O3S/c1-2-8-23-18-15(21)10-13(20)11-16(18)28-19(23)22-17(25)7-6-12-4-3-5-14(9-12)24(26)27/h1,3-7,9-11H,8H2/b7-6+,22-19?. The van der Waals surface area contributed by atoms with Crippen molar-refractivity contribution in [3.8, 4) is 12.3 Å². The number of amides is 1. The summed E-state index contributed by atoms with van der Waals surface area (Å²) in [6, 6.07) is 7.59. The van der Waals surface area contributed by atoms with Gasteiger partial charge in [-0.25, -0.2) is 8.78 Å². The molecule has 6 nitrogen and oxygen atoms in total. The molecule has 0 aliphatic carbocycles. The molecule has 0 unspecified atom stereocenters. The number of thiazole rings is 1. The van der Waals surface area contributed by atoms with E-state index in [1.54, 1.807) is 6.07 Å². The molecule has 0 fully saturated rings. The molecule has 0 spiro atoms. The van der Waals surface area contributed by atoms with Crippen LogP contribution in [-0.4, -0.2) is 15.4 Å². The van der Waals surface area contributed by atoms with Crippen LogP contribution < -0.4 is 4.80 Å². The summed E-state index contributed by atoms with van der Waals surface area (Å²) in [5.74, 6) is 0.121. The average molecular weight is 399 g/mol. The van der Waals surface area contributed by atoms with Gasteiger partial charge in [0.05, 0.1) is 21.7 Å². The Labute approximate surface area is 161 Å². The number of nitrogens with zero attached hydrogens (tertiary/aromatic N) is 3. The number of hydrogen-bond donors (Lipinski definition) is 0. The molecule has 3 aromatic rings. The van der Waals surface area contributed by atoms with Gasteiger partial charge < -0.3 is 4.57 Å². The molecule has 0 bridgehead atoms. The quantitative estimate of drug-likeness (QED) is 0.291. The van der Waals surface area contributed by atoms with Crippen molar-refractivity contribution in [2.75, 3.05) is 0 Å². The second-order valence-electron chi connectivity index (χ2n) is 5.54. The highest BCUT2D eigenvalue weighted by Gasteiger charge is 2.13. The van der Waals surface area contributed by atoms with Gasteiger partial charge in [0.25, 0.3) is 11.6 Å². The topological polar surface area (TPSA) is 77.5 Å². The van der Waals surface area contributed by atoms with E-state index >= 15 is 0 Å². The van der Waals surface area contributed by atoms with E-state index in [4.69, 9.17) is 6.42 Å². The Bertz CT molecular complexity index is 1240. The van der Waals surface area contributed by atoms with Crippen LogP contribution in [0, 0.1) is 34.1 Å². The van der Waals surface area contributed by atoms with Crippen LogP contribution >= 0.6 is 11.3 Å². The van der Waals surface area contributed by atoms with E-state index in [9.17, 15) is 23.7 Å². The van der Waals surface area contributed by atoms with Gasteiger partial charge in [0.2, 0.25) is 0 Å². The molecule has 0 saturated carbocycles. The molecule has 2 aromatic carbocycles. The van der Waals surface area contributed by atoms with Gasteiger partial charge in [-0.05, 0) is 17.7 Å². The number of non-ortho nitro benzene ring substituents is 1. The highest BCUT2D eigenvalue weighted by molar-refractivity contribution is 7.16. The van der Waals surface area contributed by atoms with E-state index in [-0.39, 0.29) is 27.3 Å². The lowest BCUT2D eigenvalue weighted by Crippen LogP contribution is -2.16. The number of fused-ring (bicyclic) bond motifs is 1. The molecule has 9 heteroatoms. The number of halogens is 2. The Morgan fingerprint density at radius 1 is 1.36 bits per heavy atom. The molecule has 0 N–H and O–H groups in total. The zero-order valence-electron chi connectivity index (χ0n) is 14.1. The first-order valence-electron chi connectivity index (χ1n) is 7.82. The molecule has 0 atom stereocenters. The molecule has 0 saturated heterocycles. The fraction of sp³-hybridized carbons (Fsp3) is 0.0526. The minimum absolute atomic E-state index is 0.0523. The van der Waals surface area contributed by atoms with Gasteiger partial charge in [-0.15, -0.1) is 6.42 Å². The molecule has 0 aliphatic rings. The molecular weight excluding hydrogens is 388 g/mol. The summed E-state index contributed by atoms with van der Waals surface area (Å²) in [7, 11) is 0. The number of terminal acetylenes is 1. The Hall–Kier alpha value is -3.64. The van der Waals surface area contributed by atoms with Crippen molar-refractivity contribution in [3.05, 3.63) is 74.6 Å². The van der Waals surface area contributed by atoms with E-state index in [0.717, 1.165) is 29.5 Å².